The van der Waals surface area contributed by atoms with Crippen molar-refractivity contribution in [3.05, 3.63) is 35.9 Å². The lowest BCUT2D eigenvalue weighted by molar-refractivity contribution is 0.174. The molecule has 1 aliphatic heterocycles. The summed E-state index contributed by atoms with van der Waals surface area (Å²) in [5.74, 6) is 3.22. The highest BCUT2D eigenvalue weighted by Crippen LogP contribution is 2.32. The molecule has 9 heteroatoms. The van der Waals surface area contributed by atoms with Crippen LogP contribution in [-0.2, 0) is 20.1 Å². The maximum absolute atomic E-state index is 5.41. The Bertz CT molecular complexity index is 718. The fourth-order valence-corrected chi connectivity index (χ4v) is 2.41. The monoisotopic (exact) mass is 444 g/mol. The first-order chi connectivity index (χ1) is 11.2. The Morgan fingerprint density at radius 2 is 2.17 bits per heavy atom. The SMILES string of the molecule is CN=C(NCc1ncnn1C)N(C)Cc1ccc2c(c1)OCO2.I. The standard InChI is InChI=1S/C15H20N6O2.HI/c1-16-15(17-7-14-18-9-19-21(14)3)20(2)8-11-4-5-12-13(6-11)23-10-22-12;/h4-6,9H,7-8,10H2,1-3H3,(H,16,17);1H. The van der Waals surface area contributed by atoms with Crippen LogP contribution in [-0.4, -0.2) is 46.5 Å². The highest BCUT2D eigenvalue weighted by Gasteiger charge is 2.15. The molecule has 1 aromatic heterocycles. The molecule has 0 atom stereocenters. The number of ether oxygens (including phenoxy) is 2. The summed E-state index contributed by atoms with van der Waals surface area (Å²) in [6.07, 6.45) is 1.54. The van der Waals surface area contributed by atoms with E-state index in [1.54, 1.807) is 11.7 Å². The second-order valence-corrected chi connectivity index (χ2v) is 5.24. The van der Waals surface area contributed by atoms with E-state index in [1.807, 2.05) is 37.2 Å². The van der Waals surface area contributed by atoms with Crippen molar-refractivity contribution in [2.24, 2.45) is 12.0 Å². The van der Waals surface area contributed by atoms with Crippen LogP contribution in [0.2, 0.25) is 0 Å². The van der Waals surface area contributed by atoms with Crippen molar-refractivity contribution >= 4 is 29.9 Å². The Labute approximate surface area is 157 Å². The van der Waals surface area contributed by atoms with Gasteiger partial charge in [0, 0.05) is 27.7 Å². The molecule has 0 amide bonds. The lowest BCUT2D eigenvalue weighted by atomic mass is 10.2. The lowest BCUT2D eigenvalue weighted by Crippen LogP contribution is -2.38. The number of aromatic nitrogens is 3. The highest BCUT2D eigenvalue weighted by atomic mass is 127. The van der Waals surface area contributed by atoms with E-state index >= 15 is 0 Å². The fourth-order valence-electron chi connectivity index (χ4n) is 2.41. The molecule has 2 aromatic rings. The second kappa shape index (κ2) is 8.18. The molecule has 0 fully saturated rings. The van der Waals surface area contributed by atoms with Crippen molar-refractivity contribution in [1.29, 1.82) is 0 Å². The molecule has 0 radical (unpaired) electrons. The fraction of sp³-hybridized carbons (Fsp3) is 0.400. The van der Waals surface area contributed by atoms with E-state index in [2.05, 4.69) is 20.4 Å². The van der Waals surface area contributed by atoms with Crippen LogP contribution >= 0.6 is 24.0 Å². The van der Waals surface area contributed by atoms with Gasteiger partial charge in [0.15, 0.2) is 17.5 Å². The number of guanidine groups is 1. The van der Waals surface area contributed by atoms with Crippen LogP contribution in [0.5, 0.6) is 11.5 Å². The molecule has 0 saturated heterocycles. The third kappa shape index (κ3) is 4.08. The van der Waals surface area contributed by atoms with Gasteiger partial charge in [-0.2, -0.15) is 5.10 Å². The van der Waals surface area contributed by atoms with Crippen molar-refractivity contribution < 1.29 is 9.47 Å². The van der Waals surface area contributed by atoms with Gasteiger partial charge in [0.1, 0.15) is 12.2 Å². The quantitative estimate of drug-likeness (QED) is 0.436. The van der Waals surface area contributed by atoms with Crippen molar-refractivity contribution in [3.63, 3.8) is 0 Å². The molecule has 1 N–H and O–H groups in total. The van der Waals surface area contributed by atoms with Crippen molar-refractivity contribution in [1.82, 2.24) is 25.0 Å². The Balaban J connectivity index is 0.00000208. The maximum atomic E-state index is 5.41. The largest absolute Gasteiger partial charge is 0.454 e. The number of rotatable bonds is 4. The van der Waals surface area contributed by atoms with Crippen molar-refractivity contribution in [3.8, 4) is 11.5 Å². The summed E-state index contributed by atoms with van der Waals surface area (Å²) in [7, 11) is 5.61. The lowest BCUT2D eigenvalue weighted by Gasteiger charge is -2.22. The topological polar surface area (TPSA) is 76.8 Å². The minimum atomic E-state index is 0. The molecule has 0 bridgehead atoms. The van der Waals surface area contributed by atoms with Gasteiger partial charge in [0.05, 0.1) is 6.54 Å². The van der Waals surface area contributed by atoms with Gasteiger partial charge in [-0.15, -0.1) is 24.0 Å². The molecule has 0 saturated carbocycles. The van der Waals surface area contributed by atoms with Gasteiger partial charge in [0.25, 0.3) is 0 Å². The van der Waals surface area contributed by atoms with Gasteiger partial charge in [-0.05, 0) is 17.7 Å². The number of aryl methyl sites for hydroxylation is 1. The van der Waals surface area contributed by atoms with Gasteiger partial charge in [0.2, 0.25) is 6.79 Å². The average molecular weight is 444 g/mol. The summed E-state index contributed by atoms with van der Waals surface area (Å²) in [6.45, 7) is 1.55. The van der Waals surface area contributed by atoms with E-state index in [9.17, 15) is 0 Å². The molecular weight excluding hydrogens is 423 g/mol. The Morgan fingerprint density at radius 1 is 1.38 bits per heavy atom. The molecule has 1 aromatic carbocycles. The Hall–Kier alpha value is -2.04. The van der Waals surface area contributed by atoms with Crippen LogP contribution in [0.4, 0.5) is 0 Å². The first-order valence-corrected chi connectivity index (χ1v) is 7.30. The summed E-state index contributed by atoms with van der Waals surface area (Å²) in [4.78, 5) is 10.5. The molecule has 8 nitrogen and oxygen atoms in total. The third-order valence-electron chi connectivity index (χ3n) is 3.64. The predicted octanol–water partition coefficient (Wildman–Crippen LogP) is 1.37. The number of nitrogens with zero attached hydrogens (tertiary/aromatic N) is 5. The van der Waals surface area contributed by atoms with Gasteiger partial charge < -0.3 is 19.7 Å². The first kappa shape index (κ1) is 18.3. The summed E-state index contributed by atoms with van der Waals surface area (Å²) in [6, 6.07) is 5.95. The number of hydrogen-bond donors (Lipinski definition) is 1. The van der Waals surface area contributed by atoms with Crippen LogP contribution < -0.4 is 14.8 Å². The summed E-state index contributed by atoms with van der Waals surface area (Å²) >= 11 is 0. The van der Waals surface area contributed by atoms with E-state index in [0.29, 0.717) is 13.1 Å². The molecule has 24 heavy (non-hydrogen) atoms. The van der Waals surface area contributed by atoms with Crippen LogP contribution in [0.15, 0.2) is 29.5 Å². The maximum Gasteiger partial charge on any atom is 0.231 e. The minimum Gasteiger partial charge on any atom is -0.454 e. The first-order valence-electron chi connectivity index (χ1n) is 7.30. The van der Waals surface area contributed by atoms with E-state index in [4.69, 9.17) is 9.47 Å². The second-order valence-electron chi connectivity index (χ2n) is 5.24. The Kier molecular flexibility index (Phi) is 6.23. The number of benzene rings is 1. The van der Waals surface area contributed by atoms with Gasteiger partial charge in [-0.1, -0.05) is 6.07 Å². The summed E-state index contributed by atoms with van der Waals surface area (Å²) in [5.41, 5.74) is 1.12. The van der Waals surface area contributed by atoms with E-state index < -0.39 is 0 Å². The number of aliphatic imine (C=N–C) groups is 1. The number of fused-ring (bicyclic) bond motifs is 1. The normalized spacial score (nSPS) is 12.7. The zero-order valence-electron chi connectivity index (χ0n) is 13.9. The minimum absolute atomic E-state index is 0. The highest BCUT2D eigenvalue weighted by molar-refractivity contribution is 14.0. The molecular formula is C15H21IN6O2. The molecule has 2 heterocycles. The summed E-state index contributed by atoms with van der Waals surface area (Å²) in [5, 5.41) is 7.33. The molecule has 130 valence electrons. The van der Waals surface area contributed by atoms with Gasteiger partial charge in [-0.3, -0.25) is 9.67 Å². The Morgan fingerprint density at radius 3 is 2.88 bits per heavy atom. The van der Waals surface area contributed by atoms with Crippen LogP contribution in [0.1, 0.15) is 11.4 Å². The van der Waals surface area contributed by atoms with E-state index in [0.717, 1.165) is 28.8 Å². The van der Waals surface area contributed by atoms with Crippen LogP contribution in [0.3, 0.4) is 0 Å². The van der Waals surface area contributed by atoms with Crippen LogP contribution in [0.25, 0.3) is 0 Å². The van der Waals surface area contributed by atoms with Gasteiger partial charge >= 0.3 is 0 Å². The summed E-state index contributed by atoms with van der Waals surface area (Å²) < 4.78 is 12.5. The molecule has 0 spiro atoms. The zero-order chi connectivity index (χ0) is 16.2. The number of hydrogen-bond acceptors (Lipinski definition) is 5. The smallest absolute Gasteiger partial charge is 0.231 e. The van der Waals surface area contributed by atoms with E-state index in [-0.39, 0.29) is 30.8 Å². The predicted molar refractivity (Wildman–Crippen MR) is 101 cm³/mol. The zero-order valence-corrected chi connectivity index (χ0v) is 16.2. The molecule has 0 aliphatic carbocycles. The molecule has 0 unspecified atom stereocenters. The molecule has 1 aliphatic rings. The number of nitrogens with one attached hydrogen (secondary N) is 1. The van der Waals surface area contributed by atoms with Crippen LogP contribution in [0, 0.1) is 0 Å². The average Bonchev–Trinajstić information content (AvgIpc) is 3.16. The van der Waals surface area contributed by atoms with Crippen molar-refractivity contribution in [2.75, 3.05) is 20.9 Å². The van der Waals surface area contributed by atoms with E-state index in [1.165, 1.54) is 6.33 Å². The van der Waals surface area contributed by atoms with Crippen molar-refractivity contribution in [2.45, 2.75) is 13.1 Å². The molecule has 3 rings (SSSR count). The number of halogens is 1. The van der Waals surface area contributed by atoms with Gasteiger partial charge in [-0.25, -0.2) is 4.98 Å². The third-order valence-corrected chi connectivity index (χ3v) is 3.64.